The number of benzene rings is 2. The Bertz CT molecular complexity index is 840. The van der Waals surface area contributed by atoms with Gasteiger partial charge in [-0.05, 0) is 48.7 Å². The number of ether oxygens (including phenoxy) is 1. The number of hydrogen-bond acceptors (Lipinski definition) is 3. The normalized spacial score (nSPS) is 21.6. The number of nitrogens with one attached hydrogen (secondary N) is 1. The van der Waals surface area contributed by atoms with Crippen molar-refractivity contribution in [3.05, 3.63) is 57.6 Å². The molecule has 0 saturated heterocycles. The summed E-state index contributed by atoms with van der Waals surface area (Å²) in [6.45, 7) is 3.09. The molecular formula is C19H18Cl2N2O2. The van der Waals surface area contributed by atoms with Crippen LogP contribution in [0.15, 0.2) is 36.4 Å². The van der Waals surface area contributed by atoms with Crippen molar-refractivity contribution in [3.8, 4) is 5.75 Å². The van der Waals surface area contributed by atoms with E-state index in [-0.39, 0.29) is 11.9 Å². The van der Waals surface area contributed by atoms with Gasteiger partial charge in [0.25, 0.3) is 5.91 Å². The maximum atomic E-state index is 13.1. The van der Waals surface area contributed by atoms with Crippen LogP contribution in [0.1, 0.15) is 24.1 Å². The molecule has 1 unspecified atom stereocenters. The zero-order chi connectivity index (χ0) is 17.6. The third-order valence-corrected chi connectivity index (χ3v) is 5.41. The van der Waals surface area contributed by atoms with Gasteiger partial charge >= 0.3 is 0 Å². The standard InChI is InChI=1S/C19H18Cl2N2O2/c1-11-18-12(8-13(20)9-14(18)21)6-7-23(11)19(24)17-10-22-15-4-2-3-5-16(15)25-17/h2-5,8-9,11,17,22H,6-7,10H2,1H3/t11-,17?/m0/s1. The van der Waals surface area contributed by atoms with Gasteiger partial charge in [0.2, 0.25) is 0 Å². The Morgan fingerprint density at radius 2 is 2.08 bits per heavy atom. The van der Waals surface area contributed by atoms with Gasteiger partial charge in [-0.3, -0.25) is 4.79 Å². The van der Waals surface area contributed by atoms with Crippen LogP contribution in [0.25, 0.3) is 0 Å². The predicted molar refractivity (Wildman–Crippen MR) is 99.6 cm³/mol. The molecule has 1 amide bonds. The number of carbonyl (C=O) groups is 1. The number of para-hydroxylation sites is 2. The predicted octanol–water partition coefficient (Wildman–Crippen LogP) is 4.31. The molecule has 2 aromatic rings. The highest BCUT2D eigenvalue weighted by Crippen LogP contribution is 2.38. The van der Waals surface area contributed by atoms with E-state index in [0.29, 0.717) is 28.9 Å². The average Bonchev–Trinajstić information content (AvgIpc) is 2.60. The van der Waals surface area contributed by atoms with Gasteiger partial charge in [0.05, 0.1) is 18.3 Å². The molecule has 0 aromatic heterocycles. The lowest BCUT2D eigenvalue weighted by molar-refractivity contribution is -0.141. The van der Waals surface area contributed by atoms with E-state index in [0.717, 1.165) is 23.2 Å². The lowest BCUT2D eigenvalue weighted by Crippen LogP contribution is -2.49. The van der Waals surface area contributed by atoms with Gasteiger partial charge in [-0.25, -0.2) is 0 Å². The summed E-state index contributed by atoms with van der Waals surface area (Å²) in [5.41, 5.74) is 3.01. The smallest absolute Gasteiger partial charge is 0.266 e. The largest absolute Gasteiger partial charge is 0.477 e. The van der Waals surface area contributed by atoms with E-state index in [1.807, 2.05) is 42.2 Å². The van der Waals surface area contributed by atoms with Crippen LogP contribution < -0.4 is 10.1 Å². The van der Waals surface area contributed by atoms with E-state index in [2.05, 4.69) is 5.32 Å². The van der Waals surface area contributed by atoms with E-state index >= 15 is 0 Å². The molecule has 1 N–H and O–H groups in total. The molecule has 2 aromatic carbocycles. The van der Waals surface area contributed by atoms with Gasteiger partial charge in [0.15, 0.2) is 6.10 Å². The average molecular weight is 377 g/mol. The van der Waals surface area contributed by atoms with Crippen molar-refractivity contribution < 1.29 is 9.53 Å². The van der Waals surface area contributed by atoms with E-state index in [1.54, 1.807) is 6.07 Å². The van der Waals surface area contributed by atoms with Crippen LogP contribution in [-0.4, -0.2) is 30.0 Å². The molecule has 4 nitrogen and oxygen atoms in total. The quantitative estimate of drug-likeness (QED) is 0.805. The lowest BCUT2D eigenvalue weighted by atomic mass is 9.93. The summed E-state index contributed by atoms with van der Waals surface area (Å²) in [5.74, 6) is 0.688. The fourth-order valence-electron chi connectivity index (χ4n) is 3.64. The summed E-state index contributed by atoms with van der Waals surface area (Å²) < 4.78 is 5.92. The van der Waals surface area contributed by atoms with Crippen LogP contribution in [0, 0.1) is 0 Å². The topological polar surface area (TPSA) is 41.6 Å². The van der Waals surface area contributed by atoms with Gasteiger partial charge in [0.1, 0.15) is 5.75 Å². The number of hydrogen-bond donors (Lipinski definition) is 1. The molecule has 2 heterocycles. The minimum absolute atomic E-state index is 0.0221. The Morgan fingerprint density at radius 3 is 2.92 bits per heavy atom. The summed E-state index contributed by atoms with van der Waals surface area (Å²) in [6.07, 6.45) is 0.201. The minimum atomic E-state index is -0.537. The second-order valence-corrected chi connectivity index (χ2v) is 7.25. The van der Waals surface area contributed by atoms with Crippen LogP contribution in [0.5, 0.6) is 5.75 Å². The molecule has 2 atom stereocenters. The van der Waals surface area contributed by atoms with Crippen molar-refractivity contribution in [1.82, 2.24) is 4.90 Å². The molecule has 130 valence electrons. The second-order valence-electron chi connectivity index (χ2n) is 6.40. The number of amides is 1. The number of halogens is 2. The molecule has 6 heteroatoms. The summed E-state index contributed by atoms with van der Waals surface area (Å²) in [5, 5.41) is 4.51. The second kappa shape index (κ2) is 6.43. The van der Waals surface area contributed by atoms with Gasteiger partial charge in [0, 0.05) is 16.6 Å². The first-order valence-corrected chi connectivity index (χ1v) is 9.08. The van der Waals surface area contributed by atoms with Gasteiger partial charge in [-0.15, -0.1) is 0 Å². The van der Waals surface area contributed by atoms with E-state index in [9.17, 15) is 4.79 Å². The number of rotatable bonds is 1. The first-order valence-electron chi connectivity index (χ1n) is 8.32. The molecule has 4 rings (SSSR count). The highest BCUT2D eigenvalue weighted by Gasteiger charge is 2.35. The van der Waals surface area contributed by atoms with Crippen LogP contribution in [0.2, 0.25) is 10.0 Å². The molecule has 0 spiro atoms. The lowest BCUT2D eigenvalue weighted by Gasteiger charge is -2.38. The van der Waals surface area contributed by atoms with Gasteiger partial charge in [-0.2, -0.15) is 0 Å². The van der Waals surface area contributed by atoms with Crippen LogP contribution in [-0.2, 0) is 11.2 Å². The Balaban J connectivity index is 1.58. The van der Waals surface area contributed by atoms with Crippen molar-refractivity contribution in [2.45, 2.75) is 25.5 Å². The molecule has 0 saturated carbocycles. The maximum absolute atomic E-state index is 13.1. The van der Waals surface area contributed by atoms with Crippen molar-refractivity contribution >= 4 is 34.8 Å². The number of fused-ring (bicyclic) bond motifs is 2. The molecular weight excluding hydrogens is 359 g/mol. The van der Waals surface area contributed by atoms with E-state index in [1.165, 1.54) is 0 Å². The number of nitrogens with zero attached hydrogens (tertiary/aromatic N) is 1. The van der Waals surface area contributed by atoms with E-state index in [4.69, 9.17) is 27.9 Å². The van der Waals surface area contributed by atoms with Crippen molar-refractivity contribution in [3.63, 3.8) is 0 Å². The summed E-state index contributed by atoms with van der Waals surface area (Å²) >= 11 is 12.5. The van der Waals surface area contributed by atoms with Gasteiger partial charge in [-0.1, -0.05) is 35.3 Å². The van der Waals surface area contributed by atoms with Crippen molar-refractivity contribution in [2.24, 2.45) is 0 Å². The maximum Gasteiger partial charge on any atom is 0.266 e. The Morgan fingerprint density at radius 1 is 1.28 bits per heavy atom. The summed E-state index contributed by atoms with van der Waals surface area (Å²) in [7, 11) is 0. The fraction of sp³-hybridized carbons (Fsp3) is 0.316. The molecule has 0 bridgehead atoms. The zero-order valence-electron chi connectivity index (χ0n) is 13.8. The van der Waals surface area contributed by atoms with Crippen molar-refractivity contribution in [1.29, 1.82) is 0 Å². The van der Waals surface area contributed by atoms with Crippen LogP contribution in [0.4, 0.5) is 5.69 Å². The third kappa shape index (κ3) is 2.94. The monoisotopic (exact) mass is 376 g/mol. The number of carbonyl (C=O) groups excluding carboxylic acids is 1. The van der Waals surface area contributed by atoms with Gasteiger partial charge < -0.3 is 15.0 Å². The first kappa shape index (κ1) is 16.6. The third-order valence-electron chi connectivity index (χ3n) is 4.88. The highest BCUT2D eigenvalue weighted by molar-refractivity contribution is 6.35. The summed E-state index contributed by atoms with van der Waals surface area (Å²) in [4.78, 5) is 14.9. The molecule has 2 aliphatic heterocycles. The Hall–Kier alpha value is -1.91. The van der Waals surface area contributed by atoms with Crippen LogP contribution >= 0.6 is 23.2 Å². The Labute approximate surface area is 156 Å². The minimum Gasteiger partial charge on any atom is -0.477 e. The Kier molecular flexibility index (Phi) is 4.26. The van der Waals surface area contributed by atoms with E-state index < -0.39 is 6.10 Å². The highest BCUT2D eigenvalue weighted by atomic mass is 35.5. The molecule has 25 heavy (non-hydrogen) atoms. The SMILES string of the molecule is C[C@H]1c2c(Cl)cc(Cl)cc2CCN1C(=O)C1CNc2ccccc2O1. The summed E-state index contributed by atoms with van der Waals surface area (Å²) in [6, 6.07) is 11.2. The fourth-order valence-corrected chi connectivity index (χ4v) is 4.33. The molecule has 2 aliphatic rings. The zero-order valence-corrected chi connectivity index (χ0v) is 15.3. The molecule has 0 aliphatic carbocycles. The molecule has 0 radical (unpaired) electrons. The van der Waals surface area contributed by atoms with Crippen LogP contribution in [0.3, 0.4) is 0 Å². The number of anilines is 1. The molecule has 0 fully saturated rings. The first-order chi connectivity index (χ1) is 12.0. The van der Waals surface area contributed by atoms with Crippen molar-refractivity contribution in [2.75, 3.05) is 18.4 Å².